The average Bonchev–Trinajstić information content (AvgIpc) is 2.59. The lowest BCUT2D eigenvalue weighted by Crippen LogP contribution is -2.27. The van der Waals surface area contributed by atoms with Crippen molar-refractivity contribution in [1.29, 1.82) is 0 Å². The van der Waals surface area contributed by atoms with Crippen LogP contribution in [0.4, 0.5) is 5.69 Å². The van der Waals surface area contributed by atoms with E-state index < -0.39 is 0 Å². The van der Waals surface area contributed by atoms with E-state index in [-0.39, 0.29) is 11.8 Å². The van der Waals surface area contributed by atoms with Crippen molar-refractivity contribution in [2.24, 2.45) is 5.92 Å². The summed E-state index contributed by atoms with van der Waals surface area (Å²) >= 11 is 5.92. The van der Waals surface area contributed by atoms with Gasteiger partial charge in [-0.3, -0.25) is 9.59 Å². The van der Waals surface area contributed by atoms with Gasteiger partial charge in [0.15, 0.2) is 0 Å². The van der Waals surface area contributed by atoms with Gasteiger partial charge in [0.05, 0.1) is 0 Å². The minimum absolute atomic E-state index is 0.111. The van der Waals surface area contributed by atoms with Crippen molar-refractivity contribution in [2.45, 2.75) is 20.8 Å². The number of nitrogens with one attached hydrogen (secondary N) is 2. The van der Waals surface area contributed by atoms with Crippen LogP contribution in [-0.4, -0.2) is 18.4 Å². The fourth-order valence-corrected chi connectivity index (χ4v) is 2.50. The van der Waals surface area contributed by atoms with Crippen LogP contribution in [0.15, 0.2) is 48.5 Å². The first-order valence-electron chi connectivity index (χ1n) is 8.48. The van der Waals surface area contributed by atoms with Crippen molar-refractivity contribution in [2.75, 3.05) is 11.9 Å². The van der Waals surface area contributed by atoms with Crippen LogP contribution in [-0.2, 0) is 4.79 Å². The Bertz CT molecular complexity index is 829. The summed E-state index contributed by atoms with van der Waals surface area (Å²) in [5.41, 5.74) is 2.93. The highest BCUT2D eigenvalue weighted by Gasteiger charge is 2.09. The van der Waals surface area contributed by atoms with Gasteiger partial charge >= 0.3 is 0 Å². The Morgan fingerprint density at radius 3 is 2.58 bits per heavy atom. The first kappa shape index (κ1) is 19.7. The summed E-state index contributed by atoms with van der Waals surface area (Å²) in [5.74, 6) is 0.0375. The van der Waals surface area contributed by atoms with Crippen molar-refractivity contribution in [1.82, 2.24) is 5.32 Å². The Balaban J connectivity index is 2.01. The zero-order valence-corrected chi connectivity index (χ0v) is 15.9. The summed E-state index contributed by atoms with van der Waals surface area (Å²) in [6.07, 6.45) is 3.15. The fourth-order valence-electron chi connectivity index (χ4n) is 2.30. The van der Waals surface area contributed by atoms with Gasteiger partial charge in [0.2, 0.25) is 5.91 Å². The molecule has 0 aromatic heterocycles. The molecular formula is C21H23ClN2O2. The molecule has 0 aliphatic heterocycles. The average molecular weight is 371 g/mol. The minimum atomic E-state index is -0.245. The van der Waals surface area contributed by atoms with Gasteiger partial charge in [-0.2, -0.15) is 0 Å². The van der Waals surface area contributed by atoms with Crippen molar-refractivity contribution in [3.05, 3.63) is 70.3 Å². The molecule has 0 aliphatic carbocycles. The van der Waals surface area contributed by atoms with E-state index in [9.17, 15) is 9.59 Å². The van der Waals surface area contributed by atoms with E-state index in [4.69, 9.17) is 11.6 Å². The molecule has 26 heavy (non-hydrogen) atoms. The van der Waals surface area contributed by atoms with Crippen LogP contribution in [0.5, 0.6) is 0 Å². The molecule has 0 heterocycles. The number of carbonyl (C=O) groups excluding carboxylic acids is 2. The number of rotatable bonds is 6. The fraction of sp³-hybridized carbons (Fsp3) is 0.238. The summed E-state index contributed by atoms with van der Waals surface area (Å²) in [7, 11) is 0. The number of aryl methyl sites for hydroxylation is 1. The van der Waals surface area contributed by atoms with Crippen LogP contribution in [0.2, 0.25) is 5.02 Å². The molecule has 2 aromatic carbocycles. The van der Waals surface area contributed by atoms with Crippen molar-refractivity contribution in [3.8, 4) is 0 Å². The minimum Gasteiger partial charge on any atom is -0.352 e. The second-order valence-corrected chi connectivity index (χ2v) is 6.95. The highest BCUT2D eigenvalue weighted by molar-refractivity contribution is 6.30. The second-order valence-electron chi connectivity index (χ2n) is 6.51. The molecular weight excluding hydrogens is 348 g/mol. The number of halogens is 1. The molecule has 2 rings (SSSR count). The predicted octanol–water partition coefficient (Wildman–Crippen LogP) is 4.69. The number of amides is 2. The lowest BCUT2D eigenvalue weighted by Gasteiger charge is -2.11. The van der Waals surface area contributed by atoms with Gasteiger partial charge < -0.3 is 10.6 Å². The Hall–Kier alpha value is -2.59. The molecule has 4 nitrogen and oxygen atoms in total. The van der Waals surface area contributed by atoms with E-state index in [1.807, 2.05) is 32.9 Å². The highest BCUT2D eigenvalue weighted by atomic mass is 35.5. The second kappa shape index (κ2) is 9.20. The van der Waals surface area contributed by atoms with Gasteiger partial charge in [0.1, 0.15) is 0 Å². The molecule has 2 N–H and O–H groups in total. The summed E-state index contributed by atoms with van der Waals surface area (Å²) in [4.78, 5) is 24.2. The summed E-state index contributed by atoms with van der Waals surface area (Å²) < 4.78 is 0. The van der Waals surface area contributed by atoms with Crippen LogP contribution >= 0.6 is 11.6 Å². The maximum atomic E-state index is 12.1. The summed E-state index contributed by atoms with van der Waals surface area (Å²) in [6.45, 7) is 6.57. The normalized spacial score (nSPS) is 11.0. The summed E-state index contributed by atoms with van der Waals surface area (Å²) in [6, 6.07) is 12.5. The first-order chi connectivity index (χ1) is 12.3. The Morgan fingerprint density at radius 2 is 1.92 bits per heavy atom. The quantitative estimate of drug-likeness (QED) is 0.725. The van der Waals surface area contributed by atoms with Crippen molar-refractivity contribution in [3.63, 3.8) is 0 Å². The number of benzene rings is 2. The van der Waals surface area contributed by atoms with Crippen LogP contribution in [0.3, 0.4) is 0 Å². The maximum absolute atomic E-state index is 12.1. The van der Waals surface area contributed by atoms with Crippen LogP contribution in [0.1, 0.15) is 35.3 Å². The molecule has 0 aliphatic rings. The maximum Gasteiger partial charge on any atom is 0.251 e. The first-order valence-corrected chi connectivity index (χ1v) is 8.86. The van der Waals surface area contributed by atoms with E-state index in [0.717, 1.165) is 11.1 Å². The number of hydrogen-bond donors (Lipinski definition) is 2. The lowest BCUT2D eigenvalue weighted by atomic mass is 10.1. The molecule has 5 heteroatoms. The topological polar surface area (TPSA) is 58.2 Å². The van der Waals surface area contributed by atoms with Gasteiger partial charge in [-0.25, -0.2) is 0 Å². The molecule has 0 saturated heterocycles. The number of hydrogen-bond acceptors (Lipinski definition) is 2. The third kappa shape index (κ3) is 6.05. The lowest BCUT2D eigenvalue weighted by molar-refractivity contribution is -0.111. The highest BCUT2D eigenvalue weighted by Crippen LogP contribution is 2.17. The van der Waals surface area contributed by atoms with E-state index in [2.05, 4.69) is 10.6 Å². The molecule has 0 radical (unpaired) electrons. The molecule has 0 fully saturated rings. The van der Waals surface area contributed by atoms with Crippen LogP contribution < -0.4 is 10.6 Å². The molecule has 2 aromatic rings. The summed E-state index contributed by atoms with van der Waals surface area (Å²) in [5, 5.41) is 6.32. The molecule has 2 amide bonds. The van der Waals surface area contributed by atoms with Crippen LogP contribution in [0, 0.1) is 12.8 Å². The third-order valence-corrected chi connectivity index (χ3v) is 3.93. The van der Waals surface area contributed by atoms with Gasteiger partial charge in [-0.05, 0) is 60.4 Å². The Kier molecular flexibility index (Phi) is 6.98. The van der Waals surface area contributed by atoms with E-state index in [1.54, 1.807) is 36.4 Å². The largest absolute Gasteiger partial charge is 0.352 e. The SMILES string of the molecule is Cc1cc(C(=O)NCC(C)C)ccc1NC(=O)/C=C/c1cccc(Cl)c1. The number of anilines is 1. The zero-order valence-electron chi connectivity index (χ0n) is 15.2. The molecule has 0 atom stereocenters. The van der Waals surface area contributed by atoms with Gasteiger partial charge in [0.25, 0.3) is 5.91 Å². The van der Waals surface area contributed by atoms with E-state index in [0.29, 0.717) is 28.7 Å². The van der Waals surface area contributed by atoms with E-state index in [1.165, 1.54) is 6.08 Å². The van der Waals surface area contributed by atoms with E-state index >= 15 is 0 Å². The molecule has 0 saturated carbocycles. The standard InChI is InChI=1S/C21H23ClN2O2/c1-14(2)13-23-21(26)17-8-9-19(15(3)11-17)24-20(25)10-7-16-5-4-6-18(22)12-16/h4-12,14H,13H2,1-3H3,(H,23,26)(H,24,25)/b10-7+. The zero-order chi connectivity index (χ0) is 19.1. The van der Waals surface area contributed by atoms with Gasteiger partial charge in [-0.15, -0.1) is 0 Å². The number of carbonyl (C=O) groups is 2. The van der Waals surface area contributed by atoms with Gasteiger partial charge in [-0.1, -0.05) is 37.6 Å². The van der Waals surface area contributed by atoms with Crippen LogP contribution in [0.25, 0.3) is 6.08 Å². The molecule has 0 bridgehead atoms. The Morgan fingerprint density at radius 1 is 1.15 bits per heavy atom. The third-order valence-electron chi connectivity index (χ3n) is 3.69. The van der Waals surface area contributed by atoms with Crippen molar-refractivity contribution >= 4 is 35.2 Å². The monoisotopic (exact) mass is 370 g/mol. The molecule has 136 valence electrons. The smallest absolute Gasteiger partial charge is 0.251 e. The predicted molar refractivity (Wildman–Crippen MR) is 107 cm³/mol. The molecule has 0 spiro atoms. The van der Waals surface area contributed by atoms with Gasteiger partial charge in [0, 0.05) is 28.9 Å². The van der Waals surface area contributed by atoms with Crippen molar-refractivity contribution < 1.29 is 9.59 Å². The Labute approximate surface area is 159 Å². The molecule has 0 unspecified atom stereocenters.